The lowest BCUT2D eigenvalue weighted by molar-refractivity contribution is 0.391. The van der Waals surface area contributed by atoms with Gasteiger partial charge < -0.3 is 9.32 Å². The van der Waals surface area contributed by atoms with E-state index in [-0.39, 0.29) is 16.6 Å². The van der Waals surface area contributed by atoms with Crippen molar-refractivity contribution < 1.29 is 17.2 Å². The normalized spacial score (nSPS) is 16.8. The molecule has 1 aromatic carbocycles. The van der Waals surface area contributed by atoms with Gasteiger partial charge in [0.15, 0.2) is 12.2 Å². The number of aromatic nitrogens is 3. The van der Waals surface area contributed by atoms with E-state index in [1.807, 2.05) is 6.07 Å². The molecule has 1 fully saturated rings. The van der Waals surface area contributed by atoms with Crippen LogP contribution >= 0.6 is 11.3 Å². The van der Waals surface area contributed by atoms with E-state index in [1.54, 1.807) is 24.4 Å². The number of hydrogen-bond donors (Lipinski definition) is 1. The average molecular weight is 500 g/mol. The van der Waals surface area contributed by atoms with Gasteiger partial charge in [-0.2, -0.15) is 9.40 Å². The minimum atomic E-state index is -3.72. The van der Waals surface area contributed by atoms with Crippen LogP contribution < -0.4 is 4.90 Å². The number of nitrogens with one attached hydrogen (secondary N) is 1. The fourth-order valence-corrected chi connectivity index (χ4v) is 7.46. The number of aromatic amines is 1. The van der Waals surface area contributed by atoms with E-state index >= 15 is 0 Å². The van der Waals surface area contributed by atoms with Crippen LogP contribution in [0.15, 0.2) is 51.5 Å². The van der Waals surface area contributed by atoms with Gasteiger partial charge in [0, 0.05) is 55.1 Å². The highest BCUT2D eigenvalue weighted by Crippen LogP contribution is 2.36. The van der Waals surface area contributed by atoms with Crippen molar-refractivity contribution in [3.05, 3.63) is 60.0 Å². The molecule has 3 aromatic heterocycles. The number of anilines is 1. The molecule has 2 aliphatic rings. The standard InChI is InChI=1S/C23H22FN5O3S2/c24-16-9-15(10-17(11-16)28-6-1-2-7-28)23-18-13-29(8-5-19(18)26-27-23)34(30,31)22-4-3-21(33-22)20-12-25-14-32-20/h3-4,9-12,14H,1-2,5-8,13H2,(H,26,27). The van der Waals surface area contributed by atoms with Crippen molar-refractivity contribution >= 4 is 27.0 Å². The van der Waals surface area contributed by atoms with Gasteiger partial charge in [0.1, 0.15) is 10.0 Å². The van der Waals surface area contributed by atoms with Gasteiger partial charge in [-0.1, -0.05) is 0 Å². The number of halogens is 1. The molecule has 6 rings (SSSR count). The molecule has 4 aromatic rings. The maximum Gasteiger partial charge on any atom is 0.252 e. The molecule has 0 aliphatic carbocycles. The molecule has 0 radical (unpaired) electrons. The summed E-state index contributed by atoms with van der Waals surface area (Å²) in [4.78, 5) is 6.77. The maximum atomic E-state index is 14.5. The van der Waals surface area contributed by atoms with Crippen LogP contribution in [0.4, 0.5) is 10.1 Å². The first-order valence-electron chi connectivity index (χ1n) is 11.1. The molecule has 0 saturated carbocycles. The number of H-pyrrole nitrogens is 1. The summed E-state index contributed by atoms with van der Waals surface area (Å²) in [5, 5.41) is 7.50. The molecule has 8 nitrogen and oxygen atoms in total. The maximum absolute atomic E-state index is 14.5. The number of rotatable bonds is 5. The Labute approximate surface area is 200 Å². The first-order chi connectivity index (χ1) is 16.5. The van der Waals surface area contributed by atoms with Crippen LogP contribution in [0.1, 0.15) is 24.1 Å². The van der Waals surface area contributed by atoms with Gasteiger partial charge in [-0.25, -0.2) is 17.8 Å². The highest BCUT2D eigenvalue weighted by atomic mass is 32.2. The van der Waals surface area contributed by atoms with Gasteiger partial charge in [-0.15, -0.1) is 11.3 Å². The van der Waals surface area contributed by atoms with Crippen LogP contribution in [-0.4, -0.2) is 47.5 Å². The summed E-state index contributed by atoms with van der Waals surface area (Å²) in [6, 6.07) is 8.28. The topological polar surface area (TPSA) is 95.3 Å². The molecule has 0 unspecified atom stereocenters. The molecule has 0 bridgehead atoms. The number of hydrogen-bond acceptors (Lipinski definition) is 7. The van der Waals surface area contributed by atoms with Gasteiger partial charge >= 0.3 is 0 Å². The Kier molecular flexibility index (Phi) is 5.27. The SMILES string of the molecule is O=S(=O)(c1ccc(-c2cnco2)s1)N1CCc2[nH]nc(-c3cc(F)cc(N4CCCC4)c3)c2C1. The lowest BCUT2D eigenvalue weighted by atomic mass is 10.0. The highest BCUT2D eigenvalue weighted by Gasteiger charge is 2.33. The molecule has 0 spiro atoms. The Morgan fingerprint density at radius 3 is 2.76 bits per heavy atom. The molecule has 5 heterocycles. The third-order valence-corrected chi connectivity index (χ3v) is 9.79. The van der Waals surface area contributed by atoms with Gasteiger partial charge in [-0.3, -0.25) is 5.10 Å². The largest absolute Gasteiger partial charge is 0.443 e. The minimum absolute atomic E-state index is 0.175. The van der Waals surface area contributed by atoms with Crippen molar-refractivity contribution in [1.29, 1.82) is 0 Å². The number of sulfonamides is 1. The van der Waals surface area contributed by atoms with Crippen LogP contribution in [0.25, 0.3) is 21.9 Å². The zero-order valence-electron chi connectivity index (χ0n) is 18.2. The first-order valence-corrected chi connectivity index (χ1v) is 13.4. The second-order valence-electron chi connectivity index (χ2n) is 8.49. The van der Waals surface area contributed by atoms with Crippen LogP contribution in [0.5, 0.6) is 0 Å². The zero-order valence-corrected chi connectivity index (χ0v) is 19.8. The number of thiophene rings is 1. The lowest BCUT2D eigenvalue weighted by Crippen LogP contribution is -2.35. The summed E-state index contributed by atoms with van der Waals surface area (Å²) >= 11 is 1.15. The minimum Gasteiger partial charge on any atom is -0.443 e. The molecular formula is C23H22FN5O3S2. The second kappa shape index (κ2) is 8.33. The Hall–Kier alpha value is -3.02. The molecule has 34 heavy (non-hydrogen) atoms. The number of oxazole rings is 1. The van der Waals surface area contributed by atoms with E-state index in [0.717, 1.165) is 54.2 Å². The van der Waals surface area contributed by atoms with Crippen LogP contribution in [0, 0.1) is 5.82 Å². The van der Waals surface area contributed by atoms with Crippen LogP contribution in [0.2, 0.25) is 0 Å². The van der Waals surface area contributed by atoms with E-state index in [2.05, 4.69) is 20.1 Å². The van der Waals surface area contributed by atoms with E-state index < -0.39 is 10.0 Å². The average Bonchev–Trinajstić information content (AvgIpc) is 3.63. The van der Waals surface area contributed by atoms with E-state index in [9.17, 15) is 12.8 Å². The Morgan fingerprint density at radius 1 is 1.12 bits per heavy atom. The predicted octanol–water partition coefficient (Wildman–Crippen LogP) is 4.28. The van der Waals surface area contributed by atoms with E-state index in [1.165, 1.54) is 16.8 Å². The van der Waals surface area contributed by atoms with Crippen LogP contribution in [0.3, 0.4) is 0 Å². The smallest absolute Gasteiger partial charge is 0.252 e. The van der Waals surface area contributed by atoms with Crippen LogP contribution in [-0.2, 0) is 23.0 Å². The summed E-state index contributed by atoms with van der Waals surface area (Å²) in [7, 11) is -3.72. The van der Waals surface area contributed by atoms with Gasteiger partial charge in [0.05, 0.1) is 16.8 Å². The molecule has 0 atom stereocenters. The van der Waals surface area contributed by atoms with Crippen molar-refractivity contribution in [3.63, 3.8) is 0 Å². The zero-order chi connectivity index (χ0) is 23.3. The molecular weight excluding hydrogens is 477 g/mol. The van der Waals surface area contributed by atoms with Crippen molar-refractivity contribution in [3.8, 4) is 21.9 Å². The Bertz CT molecular complexity index is 1440. The quantitative estimate of drug-likeness (QED) is 0.440. The Morgan fingerprint density at radius 2 is 1.97 bits per heavy atom. The van der Waals surface area contributed by atoms with Gasteiger partial charge in [0.25, 0.3) is 10.0 Å². The molecule has 11 heteroatoms. The third-order valence-electron chi connectivity index (χ3n) is 6.38. The van der Waals surface area contributed by atoms with Crippen molar-refractivity contribution in [2.75, 3.05) is 24.5 Å². The highest BCUT2D eigenvalue weighted by molar-refractivity contribution is 7.91. The molecule has 2 aliphatic heterocycles. The molecule has 1 N–H and O–H groups in total. The lowest BCUT2D eigenvalue weighted by Gasteiger charge is -2.26. The number of nitrogens with zero attached hydrogens (tertiary/aromatic N) is 4. The monoisotopic (exact) mass is 499 g/mol. The molecule has 176 valence electrons. The fourth-order valence-electron chi connectivity index (χ4n) is 4.64. The van der Waals surface area contributed by atoms with E-state index in [0.29, 0.717) is 34.9 Å². The summed E-state index contributed by atoms with van der Waals surface area (Å²) in [6.07, 6.45) is 5.57. The van der Waals surface area contributed by atoms with Crippen molar-refractivity contribution in [1.82, 2.24) is 19.5 Å². The predicted molar refractivity (Wildman–Crippen MR) is 127 cm³/mol. The summed E-state index contributed by atoms with van der Waals surface area (Å²) in [6.45, 7) is 2.33. The second-order valence-corrected chi connectivity index (χ2v) is 11.7. The third kappa shape index (κ3) is 3.73. The number of fused-ring (bicyclic) bond motifs is 1. The summed E-state index contributed by atoms with van der Waals surface area (Å²) in [5.41, 5.74) is 3.77. The van der Waals surface area contributed by atoms with Crippen molar-refractivity contribution in [2.24, 2.45) is 0 Å². The van der Waals surface area contributed by atoms with Gasteiger partial charge in [0.2, 0.25) is 0 Å². The first kappa shape index (κ1) is 21.5. The molecule has 0 amide bonds. The Balaban J connectivity index is 1.31. The number of benzene rings is 1. The van der Waals surface area contributed by atoms with Crippen molar-refractivity contribution in [2.45, 2.75) is 30.0 Å². The van der Waals surface area contributed by atoms with E-state index in [4.69, 9.17) is 4.42 Å². The fraction of sp³-hybridized carbons (Fsp3) is 0.304. The summed E-state index contributed by atoms with van der Waals surface area (Å²) in [5.74, 6) is 0.208. The van der Waals surface area contributed by atoms with Gasteiger partial charge in [-0.05, 0) is 43.2 Å². The molecule has 1 saturated heterocycles. The summed E-state index contributed by atoms with van der Waals surface area (Å²) < 4.78 is 48.4.